The summed E-state index contributed by atoms with van der Waals surface area (Å²) in [5.74, 6) is 0.573. The normalized spacial score (nSPS) is 24.7. The van der Waals surface area contributed by atoms with Crippen LogP contribution >= 0.6 is 0 Å². The molecule has 2 fully saturated rings. The van der Waals surface area contributed by atoms with Crippen LogP contribution in [0.15, 0.2) is 30.3 Å². The van der Waals surface area contributed by atoms with Crippen LogP contribution in [0.25, 0.3) is 0 Å². The molecule has 1 atom stereocenters. The summed E-state index contributed by atoms with van der Waals surface area (Å²) < 4.78 is 23.0. The number of hydrogen-bond acceptors (Lipinski definition) is 4. The smallest absolute Gasteiger partial charge is 0.222 e. The molecular formula is C17H24N2O3S. The molecule has 3 rings (SSSR count). The number of amides is 1. The van der Waals surface area contributed by atoms with Gasteiger partial charge in [-0.3, -0.25) is 9.69 Å². The molecule has 23 heavy (non-hydrogen) atoms. The van der Waals surface area contributed by atoms with Crippen molar-refractivity contribution in [3.05, 3.63) is 35.9 Å². The fraction of sp³-hybridized carbons (Fsp3) is 0.588. The molecule has 0 aromatic heterocycles. The van der Waals surface area contributed by atoms with E-state index in [1.807, 2.05) is 23.1 Å². The van der Waals surface area contributed by atoms with Crippen molar-refractivity contribution in [2.75, 3.05) is 37.7 Å². The Bertz CT molecular complexity index is 637. The molecule has 2 aliphatic rings. The summed E-state index contributed by atoms with van der Waals surface area (Å²) in [6.07, 6.45) is 1.03. The van der Waals surface area contributed by atoms with Crippen LogP contribution in [0.3, 0.4) is 0 Å². The van der Waals surface area contributed by atoms with Gasteiger partial charge in [0, 0.05) is 39.1 Å². The van der Waals surface area contributed by atoms with Gasteiger partial charge in [-0.2, -0.15) is 0 Å². The van der Waals surface area contributed by atoms with E-state index in [2.05, 4.69) is 17.0 Å². The van der Waals surface area contributed by atoms with E-state index < -0.39 is 9.84 Å². The van der Waals surface area contributed by atoms with Crippen molar-refractivity contribution in [1.29, 1.82) is 0 Å². The number of carbonyl (C=O) groups excluding carboxylic acids is 1. The van der Waals surface area contributed by atoms with Crippen LogP contribution in [-0.4, -0.2) is 61.8 Å². The Labute approximate surface area is 138 Å². The quantitative estimate of drug-likeness (QED) is 0.828. The molecule has 2 saturated heterocycles. The van der Waals surface area contributed by atoms with Gasteiger partial charge in [0.1, 0.15) is 0 Å². The van der Waals surface area contributed by atoms with E-state index in [-0.39, 0.29) is 23.3 Å². The monoisotopic (exact) mass is 336 g/mol. The number of hydrogen-bond donors (Lipinski definition) is 0. The minimum Gasteiger partial charge on any atom is -0.340 e. The molecule has 1 amide bonds. The third kappa shape index (κ3) is 4.54. The first-order valence-electron chi connectivity index (χ1n) is 8.26. The molecule has 0 bridgehead atoms. The lowest BCUT2D eigenvalue weighted by molar-refractivity contribution is -0.133. The third-order valence-corrected chi connectivity index (χ3v) is 6.60. The van der Waals surface area contributed by atoms with Gasteiger partial charge in [0.15, 0.2) is 9.84 Å². The fourth-order valence-electron chi connectivity index (χ4n) is 3.41. The van der Waals surface area contributed by atoms with E-state index in [0.717, 1.165) is 32.7 Å². The van der Waals surface area contributed by atoms with Gasteiger partial charge in [0.2, 0.25) is 5.91 Å². The van der Waals surface area contributed by atoms with Gasteiger partial charge in [-0.15, -0.1) is 0 Å². The van der Waals surface area contributed by atoms with Gasteiger partial charge in [0.25, 0.3) is 0 Å². The molecule has 0 aliphatic carbocycles. The van der Waals surface area contributed by atoms with Crippen LogP contribution in [0.1, 0.15) is 18.4 Å². The SMILES string of the molecule is O=C(C[C@@H]1CCS(=O)(=O)C1)N1CCN(Cc2ccccc2)CC1. The maximum Gasteiger partial charge on any atom is 0.222 e. The van der Waals surface area contributed by atoms with E-state index in [0.29, 0.717) is 12.8 Å². The molecule has 0 N–H and O–H groups in total. The summed E-state index contributed by atoms with van der Waals surface area (Å²) in [6, 6.07) is 10.4. The molecule has 5 nitrogen and oxygen atoms in total. The van der Waals surface area contributed by atoms with Crippen molar-refractivity contribution < 1.29 is 13.2 Å². The second-order valence-electron chi connectivity index (χ2n) is 6.62. The third-order valence-electron chi connectivity index (χ3n) is 4.76. The summed E-state index contributed by atoms with van der Waals surface area (Å²) in [7, 11) is -2.89. The minimum absolute atomic E-state index is 0.0230. The minimum atomic E-state index is -2.89. The van der Waals surface area contributed by atoms with Gasteiger partial charge in [-0.25, -0.2) is 8.42 Å². The average Bonchev–Trinajstić information content (AvgIpc) is 2.88. The lowest BCUT2D eigenvalue weighted by atomic mass is 10.0. The van der Waals surface area contributed by atoms with Crippen LogP contribution < -0.4 is 0 Å². The van der Waals surface area contributed by atoms with Crippen LogP contribution in [0, 0.1) is 5.92 Å². The lowest BCUT2D eigenvalue weighted by Crippen LogP contribution is -2.48. The van der Waals surface area contributed by atoms with E-state index >= 15 is 0 Å². The van der Waals surface area contributed by atoms with Gasteiger partial charge in [-0.1, -0.05) is 30.3 Å². The number of piperazine rings is 1. The topological polar surface area (TPSA) is 57.7 Å². The highest BCUT2D eigenvalue weighted by molar-refractivity contribution is 7.91. The Morgan fingerprint density at radius 2 is 1.78 bits per heavy atom. The summed E-state index contributed by atoms with van der Waals surface area (Å²) in [4.78, 5) is 16.6. The molecule has 126 valence electrons. The molecule has 1 aromatic rings. The molecule has 2 heterocycles. The summed E-state index contributed by atoms with van der Waals surface area (Å²) in [5.41, 5.74) is 1.29. The van der Waals surface area contributed by atoms with Crippen LogP contribution in [0.4, 0.5) is 0 Å². The highest BCUT2D eigenvalue weighted by atomic mass is 32.2. The maximum absolute atomic E-state index is 12.3. The molecule has 6 heteroatoms. The zero-order valence-electron chi connectivity index (χ0n) is 13.4. The number of nitrogens with zero attached hydrogens (tertiary/aromatic N) is 2. The highest BCUT2D eigenvalue weighted by Gasteiger charge is 2.31. The fourth-order valence-corrected chi connectivity index (χ4v) is 5.27. The molecule has 1 aromatic carbocycles. The van der Waals surface area contributed by atoms with E-state index in [9.17, 15) is 13.2 Å². The zero-order chi connectivity index (χ0) is 16.3. The molecular weight excluding hydrogens is 312 g/mol. The first-order chi connectivity index (χ1) is 11.0. The van der Waals surface area contributed by atoms with Gasteiger partial charge in [0.05, 0.1) is 11.5 Å². The lowest BCUT2D eigenvalue weighted by Gasteiger charge is -2.35. The summed E-state index contributed by atoms with van der Waals surface area (Å²) in [5, 5.41) is 0. The van der Waals surface area contributed by atoms with Gasteiger partial charge >= 0.3 is 0 Å². The number of benzene rings is 1. The van der Waals surface area contributed by atoms with Crippen LogP contribution in [-0.2, 0) is 21.2 Å². The van der Waals surface area contributed by atoms with Crippen molar-refractivity contribution in [2.24, 2.45) is 5.92 Å². The first-order valence-corrected chi connectivity index (χ1v) is 10.1. The van der Waals surface area contributed by atoms with Crippen molar-refractivity contribution in [3.63, 3.8) is 0 Å². The highest BCUT2D eigenvalue weighted by Crippen LogP contribution is 2.22. The van der Waals surface area contributed by atoms with E-state index in [1.165, 1.54) is 5.56 Å². The molecule has 0 radical (unpaired) electrons. The van der Waals surface area contributed by atoms with Gasteiger partial charge in [-0.05, 0) is 17.9 Å². The summed E-state index contributed by atoms with van der Waals surface area (Å²) >= 11 is 0. The van der Waals surface area contributed by atoms with E-state index in [1.54, 1.807) is 0 Å². The van der Waals surface area contributed by atoms with Gasteiger partial charge < -0.3 is 4.90 Å². The Morgan fingerprint density at radius 1 is 1.09 bits per heavy atom. The van der Waals surface area contributed by atoms with Crippen molar-refractivity contribution in [2.45, 2.75) is 19.4 Å². The standard InChI is InChI=1S/C17H24N2O3S/c20-17(12-16-6-11-23(21,22)14-16)19-9-7-18(8-10-19)13-15-4-2-1-3-5-15/h1-5,16H,6-14H2/t16-/m0/s1. The molecule has 0 unspecified atom stereocenters. The Hall–Kier alpha value is -1.40. The predicted octanol–water partition coefficient (Wildman–Crippen LogP) is 1.16. The average molecular weight is 336 g/mol. The maximum atomic E-state index is 12.3. The number of rotatable bonds is 4. The summed E-state index contributed by atoms with van der Waals surface area (Å²) in [6.45, 7) is 4.16. The molecule has 0 saturated carbocycles. The van der Waals surface area contributed by atoms with E-state index in [4.69, 9.17) is 0 Å². The van der Waals surface area contributed by atoms with Crippen molar-refractivity contribution in [1.82, 2.24) is 9.80 Å². The van der Waals surface area contributed by atoms with Crippen molar-refractivity contribution in [3.8, 4) is 0 Å². The second kappa shape index (κ2) is 7.01. The van der Waals surface area contributed by atoms with Crippen LogP contribution in [0.2, 0.25) is 0 Å². The Kier molecular flexibility index (Phi) is 5.02. The predicted molar refractivity (Wildman–Crippen MR) is 89.7 cm³/mol. The zero-order valence-corrected chi connectivity index (χ0v) is 14.2. The van der Waals surface area contributed by atoms with Crippen molar-refractivity contribution >= 4 is 15.7 Å². The Morgan fingerprint density at radius 3 is 2.39 bits per heavy atom. The molecule has 0 spiro atoms. The van der Waals surface area contributed by atoms with Crippen LogP contribution in [0.5, 0.6) is 0 Å². The largest absolute Gasteiger partial charge is 0.340 e. The number of carbonyl (C=O) groups is 1. The number of sulfone groups is 1. The molecule has 2 aliphatic heterocycles. The Balaban J connectivity index is 1.44. The second-order valence-corrected chi connectivity index (χ2v) is 8.84. The first kappa shape index (κ1) is 16.5.